The molecule has 2 aromatic heterocycles. The molecule has 0 bridgehead atoms. The summed E-state index contributed by atoms with van der Waals surface area (Å²) in [4.78, 5) is 11.9. The molecule has 72 valence electrons. The third kappa shape index (κ3) is 1.47. The molecule has 2 heterocycles. The lowest BCUT2D eigenvalue weighted by Crippen LogP contribution is -1.98. The van der Waals surface area contributed by atoms with Crippen LogP contribution in [0.2, 0.25) is 10.3 Å². The zero-order valence-corrected chi connectivity index (χ0v) is 8.76. The van der Waals surface area contributed by atoms with E-state index in [0.717, 1.165) is 5.56 Å². The van der Waals surface area contributed by atoms with E-state index in [0.29, 0.717) is 16.2 Å². The minimum absolute atomic E-state index is 0.134. The molecule has 0 radical (unpaired) electrons. The van der Waals surface area contributed by atoms with Crippen molar-refractivity contribution in [2.24, 2.45) is 0 Å². The summed E-state index contributed by atoms with van der Waals surface area (Å²) in [6.45, 7) is 1.86. The molecule has 0 aliphatic rings. The Hall–Kier alpha value is -1.13. The number of halogens is 2. The maximum Gasteiger partial charge on any atom is 0.222 e. The second-order valence-corrected chi connectivity index (χ2v) is 3.58. The summed E-state index contributed by atoms with van der Waals surface area (Å²) in [6.07, 6.45) is 0. The highest BCUT2D eigenvalue weighted by molar-refractivity contribution is 6.34. The van der Waals surface area contributed by atoms with Gasteiger partial charge in [-0.25, -0.2) is 9.97 Å². The van der Waals surface area contributed by atoms with Crippen LogP contribution in [-0.2, 0) is 0 Å². The van der Waals surface area contributed by atoms with Crippen LogP contribution in [0.1, 0.15) is 5.56 Å². The van der Waals surface area contributed by atoms with Crippen LogP contribution in [0.3, 0.4) is 0 Å². The molecule has 0 amide bonds. The molecule has 14 heavy (non-hydrogen) atoms. The zero-order valence-electron chi connectivity index (χ0n) is 7.25. The van der Waals surface area contributed by atoms with E-state index in [2.05, 4.69) is 15.0 Å². The fraction of sp³-hybridized carbons (Fsp3) is 0.125. The number of fused-ring (bicyclic) bond motifs is 1. The maximum atomic E-state index is 5.85. The third-order valence-electron chi connectivity index (χ3n) is 1.79. The van der Waals surface area contributed by atoms with Crippen molar-refractivity contribution >= 4 is 40.2 Å². The van der Waals surface area contributed by atoms with Gasteiger partial charge in [0.05, 0.1) is 5.52 Å². The number of pyridine rings is 1. The molecule has 0 aliphatic carbocycles. The second kappa shape index (κ2) is 3.22. The van der Waals surface area contributed by atoms with Gasteiger partial charge in [0.15, 0.2) is 5.15 Å². The minimum atomic E-state index is 0.134. The van der Waals surface area contributed by atoms with Crippen molar-refractivity contribution < 1.29 is 0 Å². The fourth-order valence-corrected chi connectivity index (χ4v) is 1.67. The first-order valence-corrected chi connectivity index (χ1v) is 4.59. The molecular weight excluding hydrogens is 223 g/mol. The summed E-state index contributed by atoms with van der Waals surface area (Å²) in [6, 6.07) is 1.70. The van der Waals surface area contributed by atoms with Crippen molar-refractivity contribution in [1.29, 1.82) is 0 Å². The van der Waals surface area contributed by atoms with E-state index in [1.807, 2.05) is 6.92 Å². The molecule has 0 aliphatic heterocycles. The van der Waals surface area contributed by atoms with E-state index >= 15 is 0 Å². The van der Waals surface area contributed by atoms with Gasteiger partial charge in [0.2, 0.25) is 5.95 Å². The molecule has 2 N–H and O–H groups in total. The van der Waals surface area contributed by atoms with Crippen LogP contribution < -0.4 is 5.73 Å². The summed E-state index contributed by atoms with van der Waals surface area (Å²) >= 11 is 11.6. The number of aryl methyl sites for hydroxylation is 1. The monoisotopic (exact) mass is 228 g/mol. The highest BCUT2D eigenvalue weighted by atomic mass is 35.5. The molecule has 4 nitrogen and oxygen atoms in total. The first-order valence-electron chi connectivity index (χ1n) is 3.84. The van der Waals surface area contributed by atoms with Gasteiger partial charge in [-0.2, -0.15) is 4.98 Å². The van der Waals surface area contributed by atoms with Crippen molar-refractivity contribution in [2.45, 2.75) is 6.92 Å². The molecular formula is C8H6Cl2N4. The van der Waals surface area contributed by atoms with Crippen LogP contribution >= 0.6 is 23.2 Å². The Bertz CT molecular complexity index is 465. The van der Waals surface area contributed by atoms with Crippen LogP contribution in [0.5, 0.6) is 0 Å². The predicted molar refractivity (Wildman–Crippen MR) is 56.5 cm³/mol. The predicted octanol–water partition coefficient (Wildman–Crippen LogP) is 2.22. The molecule has 0 unspecified atom stereocenters. The summed E-state index contributed by atoms with van der Waals surface area (Å²) in [5.41, 5.74) is 7.44. The smallest absolute Gasteiger partial charge is 0.222 e. The molecule has 2 rings (SSSR count). The number of aromatic nitrogens is 3. The molecule has 0 saturated heterocycles. The van der Waals surface area contributed by atoms with Gasteiger partial charge in [0.1, 0.15) is 10.7 Å². The number of rotatable bonds is 0. The van der Waals surface area contributed by atoms with Crippen molar-refractivity contribution in [3.8, 4) is 0 Å². The van der Waals surface area contributed by atoms with Gasteiger partial charge in [-0.05, 0) is 18.6 Å². The number of nitrogen functional groups attached to an aromatic ring is 1. The van der Waals surface area contributed by atoms with Gasteiger partial charge in [-0.1, -0.05) is 23.2 Å². The molecule has 0 saturated carbocycles. The number of hydrogen-bond acceptors (Lipinski definition) is 4. The molecule has 2 aromatic rings. The normalized spacial score (nSPS) is 10.8. The standard InChI is InChI=1S/C8H6Cl2N4/c1-3-2-4(9)12-6-5(3)13-8(11)14-7(6)10/h2H,1H3,(H2,11,13,14). The lowest BCUT2D eigenvalue weighted by molar-refractivity contribution is 1.20. The van der Waals surface area contributed by atoms with E-state index < -0.39 is 0 Å². The van der Waals surface area contributed by atoms with E-state index in [9.17, 15) is 0 Å². The molecule has 0 atom stereocenters. The summed E-state index contributed by atoms with van der Waals surface area (Å²) in [5.74, 6) is 0.134. The third-order valence-corrected chi connectivity index (χ3v) is 2.24. The van der Waals surface area contributed by atoms with Crippen LogP contribution in [0.4, 0.5) is 5.95 Å². The van der Waals surface area contributed by atoms with Crippen LogP contribution in [0.15, 0.2) is 6.07 Å². The highest BCUT2D eigenvalue weighted by Gasteiger charge is 2.08. The Kier molecular flexibility index (Phi) is 2.17. The Labute approximate surface area is 90.1 Å². The van der Waals surface area contributed by atoms with Crippen LogP contribution in [0.25, 0.3) is 11.0 Å². The Balaban J connectivity index is 2.94. The highest BCUT2D eigenvalue weighted by Crippen LogP contribution is 2.24. The van der Waals surface area contributed by atoms with Gasteiger partial charge in [-0.15, -0.1) is 0 Å². The molecule has 0 spiro atoms. The van der Waals surface area contributed by atoms with Crippen molar-refractivity contribution in [3.63, 3.8) is 0 Å². The van der Waals surface area contributed by atoms with Crippen molar-refractivity contribution in [3.05, 3.63) is 21.9 Å². The van der Waals surface area contributed by atoms with Crippen molar-refractivity contribution in [1.82, 2.24) is 15.0 Å². The van der Waals surface area contributed by atoms with E-state index in [1.54, 1.807) is 6.07 Å². The zero-order chi connectivity index (χ0) is 10.3. The van der Waals surface area contributed by atoms with Gasteiger partial charge in [0.25, 0.3) is 0 Å². The van der Waals surface area contributed by atoms with Gasteiger partial charge < -0.3 is 5.73 Å². The molecule has 6 heteroatoms. The average Bonchev–Trinajstić information content (AvgIpc) is 2.07. The van der Waals surface area contributed by atoms with Crippen molar-refractivity contribution in [2.75, 3.05) is 5.73 Å². The minimum Gasteiger partial charge on any atom is -0.368 e. The van der Waals surface area contributed by atoms with E-state index in [-0.39, 0.29) is 11.1 Å². The number of nitrogens with two attached hydrogens (primary N) is 1. The molecule has 0 aromatic carbocycles. The summed E-state index contributed by atoms with van der Waals surface area (Å²) in [7, 11) is 0. The largest absolute Gasteiger partial charge is 0.368 e. The lowest BCUT2D eigenvalue weighted by Gasteiger charge is -2.03. The second-order valence-electron chi connectivity index (χ2n) is 2.83. The summed E-state index contributed by atoms with van der Waals surface area (Å²) < 4.78 is 0. The summed E-state index contributed by atoms with van der Waals surface area (Å²) in [5, 5.41) is 0.586. The van der Waals surface area contributed by atoms with Gasteiger partial charge in [-0.3, -0.25) is 0 Å². The first kappa shape index (κ1) is 9.43. The molecule has 0 fully saturated rings. The quantitative estimate of drug-likeness (QED) is 0.555. The Morgan fingerprint density at radius 2 is 1.86 bits per heavy atom. The van der Waals surface area contributed by atoms with Crippen LogP contribution in [-0.4, -0.2) is 15.0 Å². The Morgan fingerprint density at radius 1 is 1.14 bits per heavy atom. The van der Waals surface area contributed by atoms with Gasteiger partial charge in [0, 0.05) is 0 Å². The number of hydrogen-bond donors (Lipinski definition) is 1. The lowest BCUT2D eigenvalue weighted by atomic mass is 10.2. The van der Waals surface area contributed by atoms with Gasteiger partial charge >= 0.3 is 0 Å². The number of nitrogens with zero attached hydrogens (tertiary/aromatic N) is 3. The Morgan fingerprint density at radius 3 is 2.57 bits per heavy atom. The number of anilines is 1. The topological polar surface area (TPSA) is 64.7 Å². The maximum absolute atomic E-state index is 5.85. The van der Waals surface area contributed by atoms with Crippen LogP contribution in [0, 0.1) is 6.92 Å². The van der Waals surface area contributed by atoms with E-state index in [4.69, 9.17) is 28.9 Å². The SMILES string of the molecule is Cc1cc(Cl)nc2c(Cl)nc(N)nc12. The average molecular weight is 229 g/mol. The first-order chi connectivity index (χ1) is 6.58. The van der Waals surface area contributed by atoms with E-state index in [1.165, 1.54) is 0 Å². The fourth-order valence-electron chi connectivity index (χ4n) is 1.20.